The Kier molecular flexibility index (Phi) is 5.35. The topological polar surface area (TPSA) is 84.2 Å². The highest BCUT2D eigenvalue weighted by atomic mass is 19.1. The molecule has 1 aromatic carbocycles. The summed E-state index contributed by atoms with van der Waals surface area (Å²) in [6.07, 6.45) is 4.51. The van der Waals surface area contributed by atoms with E-state index >= 15 is 0 Å². The Balaban J connectivity index is 1.88. The number of amides is 2. The van der Waals surface area contributed by atoms with Gasteiger partial charge >= 0.3 is 0 Å². The van der Waals surface area contributed by atoms with Crippen LogP contribution in [0.2, 0.25) is 0 Å². The van der Waals surface area contributed by atoms with Crippen molar-refractivity contribution in [2.24, 2.45) is 11.7 Å². The minimum Gasteiger partial charge on any atom is -0.376 e. The molecule has 1 fully saturated rings. The molecule has 1 aliphatic carbocycles. The highest BCUT2D eigenvalue weighted by molar-refractivity contribution is 5.94. The molecule has 0 spiro atoms. The van der Waals surface area contributed by atoms with E-state index in [0.29, 0.717) is 11.6 Å². The zero-order chi connectivity index (χ0) is 16.1. The highest BCUT2D eigenvalue weighted by Crippen LogP contribution is 2.23. The van der Waals surface area contributed by atoms with E-state index in [1.807, 2.05) is 0 Å². The summed E-state index contributed by atoms with van der Waals surface area (Å²) in [5, 5.41) is 5.91. The van der Waals surface area contributed by atoms with Crippen molar-refractivity contribution >= 4 is 17.5 Å². The number of hydrogen-bond donors (Lipinski definition) is 3. The molecule has 0 saturated heterocycles. The molecule has 120 valence electrons. The third-order valence-electron chi connectivity index (χ3n) is 4.14. The summed E-state index contributed by atoms with van der Waals surface area (Å²) in [7, 11) is 0. The fraction of sp³-hybridized carbons (Fsp3) is 0.500. The van der Waals surface area contributed by atoms with Gasteiger partial charge in [-0.3, -0.25) is 9.59 Å². The number of halogens is 1. The van der Waals surface area contributed by atoms with Gasteiger partial charge in [0.1, 0.15) is 5.82 Å². The number of carbonyl (C=O) groups excluding carboxylic acids is 2. The van der Waals surface area contributed by atoms with Crippen molar-refractivity contribution < 1.29 is 14.0 Å². The van der Waals surface area contributed by atoms with Crippen LogP contribution in [0.4, 0.5) is 10.1 Å². The number of primary amides is 1. The van der Waals surface area contributed by atoms with Crippen LogP contribution in [0.1, 0.15) is 43.0 Å². The van der Waals surface area contributed by atoms with E-state index in [4.69, 9.17) is 5.73 Å². The molecule has 5 nitrogen and oxygen atoms in total. The van der Waals surface area contributed by atoms with Crippen molar-refractivity contribution in [3.05, 3.63) is 29.6 Å². The molecule has 1 aromatic rings. The SMILES string of the molecule is C[C@@H]1CCCC[C@H]1NC(=O)CNc1ccc(F)c(C(N)=O)c1. The molecule has 0 heterocycles. The van der Waals surface area contributed by atoms with Gasteiger partial charge in [-0.2, -0.15) is 0 Å². The van der Waals surface area contributed by atoms with Gasteiger partial charge in [-0.1, -0.05) is 19.8 Å². The molecule has 2 rings (SSSR count). The van der Waals surface area contributed by atoms with Gasteiger partial charge < -0.3 is 16.4 Å². The molecular formula is C16H22FN3O2. The Bertz CT molecular complexity index is 562. The minimum atomic E-state index is -0.832. The van der Waals surface area contributed by atoms with E-state index in [9.17, 15) is 14.0 Å². The third kappa shape index (κ3) is 4.19. The lowest BCUT2D eigenvalue weighted by Crippen LogP contribution is -2.43. The Labute approximate surface area is 129 Å². The summed E-state index contributed by atoms with van der Waals surface area (Å²) in [6, 6.07) is 4.16. The van der Waals surface area contributed by atoms with Gasteiger partial charge in [0.15, 0.2) is 0 Å². The highest BCUT2D eigenvalue weighted by Gasteiger charge is 2.22. The summed E-state index contributed by atoms with van der Waals surface area (Å²) in [5.74, 6) is -1.12. The quantitative estimate of drug-likeness (QED) is 0.778. The molecule has 0 radical (unpaired) electrons. The Hall–Kier alpha value is -2.11. The van der Waals surface area contributed by atoms with Gasteiger partial charge in [0.25, 0.3) is 5.91 Å². The van der Waals surface area contributed by atoms with E-state index in [2.05, 4.69) is 17.6 Å². The van der Waals surface area contributed by atoms with Crippen LogP contribution in [-0.4, -0.2) is 24.4 Å². The monoisotopic (exact) mass is 307 g/mol. The van der Waals surface area contributed by atoms with Gasteiger partial charge in [-0.15, -0.1) is 0 Å². The largest absolute Gasteiger partial charge is 0.376 e. The molecule has 2 atom stereocenters. The van der Waals surface area contributed by atoms with Crippen molar-refractivity contribution in [2.45, 2.75) is 38.6 Å². The van der Waals surface area contributed by atoms with Crippen LogP contribution in [0.5, 0.6) is 0 Å². The molecule has 0 aliphatic heterocycles. The maximum Gasteiger partial charge on any atom is 0.251 e. The first-order valence-electron chi connectivity index (χ1n) is 7.60. The summed E-state index contributed by atoms with van der Waals surface area (Å²) in [4.78, 5) is 23.1. The number of hydrogen-bond acceptors (Lipinski definition) is 3. The van der Waals surface area contributed by atoms with Crippen LogP contribution in [0.3, 0.4) is 0 Å². The first-order chi connectivity index (χ1) is 10.5. The van der Waals surface area contributed by atoms with Gasteiger partial charge in [0.2, 0.25) is 5.91 Å². The van der Waals surface area contributed by atoms with E-state index in [-0.39, 0.29) is 24.1 Å². The van der Waals surface area contributed by atoms with E-state index in [1.54, 1.807) is 0 Å². The fourth-order valence-corrected chi connectivity index (χ4v) is 2.79. The molecule has 1 aliphatic rings. The van der Waals surface area contributed by atoms with E-state index in [0.717, 1.165) is 25.3 Å². The van der Waals surface area contributed by atoms with Crippen molar-refractivity contribution in [3.8, 4) is 0 Å². The van der Waals surface area contributed by atoms with Gasteiger partial charge in [0.05, 0.1) is 12.1 Å². The second-order valence-corrected chi connectivity index (χ2v) is 5.85. The zero-order valence-corrected chi connectivity index (χ0v) is 12.7. The first-order valence-corrected chi connectivity index (χ1v) is 7.60. The molecule has 2 amide bonds. The van der Waals surface area contributed by atoms with Crippen LogP contribution in [-0.2, 0) is 4.79 Å². The summed E-state index contributed by atoms with van der Waals surface area (Å²) >= 11 is 0. The van der Waals surface area contributed by atoms with Crippen LogP contribution in [0, 0.1) is 11.7 Å². The molecule has 0 bridgehead atoms. The van der Waals surface area contributed by atoms with Gasteiger partial charge in [-0.05, 0) is 37.0 Å². The molecule has 4 N–H and O–H groups in total. The summed E-state index contributed by atoms with van der Waals surface area (Å²) in [5.41, 5.74) is 5.39. The second-order valence-electron chi connectivity index (χ2n) is 5.85. The lowest BCUT2D eigenvalue weighted by Gasteiger charge is -2.29. The lowest BCUT2D eigenvalue weighted by atomic mass is 9.86. The zero-order valence-electron chi connectivity index (χ0n) is 12.7. The average Bonchev–Trinajstić information content (AvgIpc) is 2.48. The lowest BCUT2D eigenvalue weighted by molar-refractivity contribution is -0.120. The van der Waals surface area contributed by atoms with E-state index < -0.39 is 11.7 Å². The number of rotatable bonds is 5. The van der Waals surface area contributed by atoms with Gasteiger partial charge in [0, 0.05) is 11.7 Å². The number of anilines is 1. The Morgan fingerprint density at radius 3 is 2.73 bits per heavy atom. The number of carbonyl (C=O) groups is 2. The first kappa shape index (κ1) is 16.3. The molecule has 0 unspecified atom stereocenters. The van der Waals surface area contributed by atoms with Crippen LogP contribution < -0.4 is 16.4 Å². The normalized spacial score (nSPS) is 21.2. The van der Waals surface area contributed by atoms with Crippen molar-refractivity contribution in [2.75, 3.05) is 11.9 Å². The fourth-order valence-electron chi connectivity index (χ4n) is 2.79. The Morgan fingerprint density at radius 2 is 2.05 bits per heavy atom. The van der Waals surface area contributed by atoms with Crippen LogP contribution >= 0.6 is 0 Å². The number of nitrogens with two attached hydrogens (primary N) is 1. The van der Waals surface area contributed by atoms with Gasteiger partial charge in [-0.25, -0.2) is 4.39 Å². The van der Waals surface area contributed by atoms with Crippen LogP contribution in [0.15, 0.2) is 18.2 Å². The predicted octanol–water partition coefficient (Wildman–Crippen LogP) is 2.03. The average molecular weight is 307 g/mol. The summed E-state index contributed by atoms with van der Waals surface area (Å²) in [6.45, 7) is 2.23. The molecule has 0 aromatic heterocycles. The standard InChI is InChI=1S/C16H22FN3O2/c1-10-4-2-3-5-14(10)20-15(21)9-19-11-6-7-13(17)12(8-11)16(18)22/h6-8,10,14,19H,2-5,9H2,1H3,(H2,18,22)(H,20,21)/t10-,14-/m1/s1. The summed E-state index contributed by atoms with van der Waals surface area (Å²) < 4.78 is 13.4. The Morgan fingerprint density at radius 1 is 1.32 bits per heavy atom. The molecule has 1 saturated carbocycles. The van der Waals surface area contributed by atoms with E-state index in [1.165, 1.54) is 18.6 Å². The molecule has 6 heteroatoms. The number of nitrogens with one attached hydrogen (secondary N) is 2. The minimum absolute atomic E-state index is 0.0764. The van der Waals surface area contributed by atoms with Crippen LogP contribution in [0.25, 0.3) is 0 Å². The predicted molar refractivity (Wildman–Crippen MR) is 83.0 cm³/mol. The van der Waals surface area contributed by atoms with Crippen molar-refractivity contribution in [1.29, 1.82) is 0 Å². The van der Waals surface area contributed by atoms with Crippen molar-refractivity contribution in [3.63, 3.8) is 0 Å². The molecule has 22 heavy (non-hydrogen) atoms. The third-order valence-corrected chi connectivity index (χ3v) is 4.14. The maximum atomic E-state index is 13.4. The maximum absolute atomic E-state index is 13.4. The molecular weight excluding hydrogens is 285 g/mol. The van der Waals surface area contributed by atoms with Crippen molar-refractivity contribution in [1.82, 2.24) is 5.32 Å². The number of benzene rings is 1. The second kappa shape index (κ2) is 7.24. The smallest absolute Gasteiger partial charge is 0.251 e.